The predicted molar refractivity (Wildman–Crippen MR) is 49.7 cm³/mol. The molecule has 0 heterocycles. The van der Waals surface area contributed by atoms with Gasteiger partial charge in [-0.15, -0.1) is 12.3 Å². The fraction of sp³-hybridized carbons (Fsp3) is 0.800. The van der Waals surface area contributed by atoms with Crippen molar-refractivity contribution in [1.29, 1.82) is 0 Å². The molecule has 2 nitrogen and oxygen atoms in total. The number of ether oxygens (including phenoxy) is 2. The van der Waals surface area contributed by atoms with E-state index in [1.54, 1.807) is 7.11 Å². The Morgan fingerprint density at radius 1 is 1.50 bits per heavy atom. The smallest absolute Gasteiger partial charge is 0.162 e. The Balaban J connectivity index is 3.51. The molecule has 0 spiro atoms. The molecule has 0 aromatic rings. The van der Waals surface area contributed by atoms with Crippen LogP contribution in [0.4, 0.5) is 0 Å². The van der Waals surface area contributed by atoms with E-state index in [2.05, 4.69) is 5.92 Å². The van der Waals surface area contributed by atoms with Gasteiger partial charge in [0.05, 0.1) is 6.61 Å². The van der Waals surface area contributed by atoms with E-state index in [0.29, 0.717) is 6.61 Å². The van der Waals surface area contributed by atoms with Crippen LogP contribution in [0, 0.1) is 18.3 Å². The van der Waals surface area contributed by atoms with Gasteiger partial charge in [0.1, 0.15) is 0 Å². The quantitative estimate of drug-likeness (QED) is 0.464. The van der Waals surface area contributed by atoms with Gasteiger partial charge in [0.2, 0.25) is 0 Å². The molecule has 0 bridgehead atoms. The summed E-state index contributed by atoms with van der Waals surface area (Å²) in [6, 6.07) is 0. The average molecular weight is 170 g/mol. The zero-order valence-corrected chi connectivity index (χ0v) is 8.39. The number of methoxy groups -OCH3 is 1. The number of hydrogen-bond donors (Lipinski definition) is 0. The Morgan fingerprint density at radius 3 is 2.50 bits per heavy atom. The van der Waals surface area contributed by atoms with Crippen molar-refractivity contribution < 1.29 is 9.47 Å². The molecule has 1 unspecified atom stereocenters. The van der Waals surface area contributed by atoms with Crippen LogP contribution in [0.5, 0.6) is 0 Å². The Morgan fingerprint density at radius 2 is 2.08 bits per heavy atom. The Hall–Kier alpha value is -0.520. The first-order valence-corrected chi connectivity index (χ1v) is 4.17. The lowest BCUT2D eigenvalue weighted by atomic mass is 10.1. The largest absolute Gasteiger partial charge is 0.354 e. The van der Waals surface area contributed by atoms with E-state index < -0.39 is 5.79 Å². The summed E-state index contributed by atoms with van der Waals surface area (Å²) < 4.78 is 10.5. The van der Waals surface area contributed by atoms with Gasteiger partial charge in [0, 0.05) is 13.0 Å². The van der Waals surface area contributed by atoms with Crippen molar-refractivity contribution in [3.8, 4) is 12.3 Å². The molecule has 0 radical (unpaired) electrons. The summed E-state index contributed by atoms with van der Waals surface area (Å²) in [6.45, 7) is 6.41. The van der Waals surface area contributed by atoms with Crippen LogP contribution >= 0.6 is 0 Å². The van der Waals surface area contributed by atoms with Gasteiger partial charge in [-0.25, -0.2) is 0 Å². The van der Waals surface area contributed by atoms with Crippen LogP contribution in [0.2, 0.25) is 0 Å². The first-order valence-electron chi connectivity index (χ1n) is 4.17. The van der Waals surface area contributed by atoms with E-state index in [4.69, 9.17) is 15.9 Å². The van der Waals surface area contributed by atoms with Crippen molar-refractivity contribution in [2.24, 2.45) is 5.92 Å². The minimum atomic E-state index is -0.492. The van der Waals surface area contributed by atoms with Crippen molar-refractivity contribution in [2.45, 2.75) is 33.0 Å². The summed E-state index contributed by atoms with van der Waals surface area (Å²) in [7, 11) is 1.63. The lowest BCUT2D eigenvalue weighted by Gasteiger charge is -2.23. The van der Waals surface area contributed by atoms with Gasteiger partial charge in [-0.1, -0.05) is 6.92 Å². The van der Waals surface area contributed by atoms with Crippen LogP contribution in [-0.2, 0) is 9.47 Å². The summed E-state index contributed by atoms with van der Waals surface area (Å²) in [6.07, 6.45) is 6.10. The highest BCUT2D eigenvalue weighted by Gasteiger charge is 2.15. The first kappa shape index (κ1) is 11.5. The van der Waals surface area contributed by atoms with Crippen LogP contribution in [0.15, 0.2) is 0 Å². The molecule has 0 aromatic heterocycles. The van der Waals surface area contributed by atoms with Crippen LogP contribution in [-0.4, -0.2) is 19.5 Å². The van der Waals surface area contributed by atoms with Gasteiger partial charge in [-0.3, -0.25) is 0 Å². The third-order valence-corrected chi connectivity index (χ3v) is 1.78. The fourth-order valence-electron chi connectivity index (χ4n) is 0.624. The minimum Gasteiger partial charge on any atom is -0.354 e. The Bertz CT molecular complexity index is 156. The normalized spacial score (nSPS) is 13.9. The summed E-state index contributed by atoms with van der Waals surface area (Å²) in [5, 5.41) is 0. The van der Waals surface area contributed by atoms with Crippen molar-refractivity contribution in [1.82, 2.24) is 0 Å². The minimum absolute atomic E-state index is 0.276. The topological polar surface area (TPSA) is 18.5 Å². The van der Waals surface area contributed by atoms with Gasteiger partial charge in [-0.2, -0.15) is 0 Å². The third kappa shape index (κ3) is 5.17. The molecule has 0 saturated heterocycles. The van der Waals surface area contributed by atoms with E-state index in [1.807, 2.05) is 20.8 Å². The first-order chi connectivity index (χ1) is 5.52. The van der Waals surface area contributed by atoms with Crippen LogP contribution in [0.25, 0.3) is 0 Å². The lowest BCUT2D eigenvalue weighted by molar-refractivity contribution is -0.198. The second kappa shape index (κ2) is 5.18. The van der Waals surface area contributed by atoms with Gasteiger partial charge in [0.25, 0.3) is 0 Å². The number of rotatable bonds is 5. The van der Waals surface area contributed by atoms with Gasteiger partial charge in [0.15, 0.2) is 5.79 Å². The van der Waals surface area contributed by atoms with E-state index in [0.717, 1.165) is 6.42 Å². The van der Waals surface area contributed by atoms with E-state index in [9.17, 15) is 0 Å². The average Bonchev–Trinajstić information content (AvgIpc) is 2.04. The molecular formula is C10H18O2. The fourth-order valence-corrected chi connectivity index (χ4v) is 0.624. The summed E-state index contributed by atoms with van der Waals surface area (Å²) in [4.78, 5) is 0. The van der Waals surface area contributed by atoms with Gasteiger partial charge < -0.3 is 9.47 Å². The zero-order chi connectivity index (χ0) is 9.61. The molecular weight excluding hydrogens is 152 g/mol. The van der Waals surface area contributed by atoms with Gasteiger partial charge in [-0.05, 0) is 20.3 Å². The van der Waals surface area contributed by atoms with E-state index >= 15 is 0 Å². The van der Waals surface area contributed by atoms with Crippen molar-refractivity contribution >= 4 is 0 Å². The molecule has 0 N–H and O–H groups in total. The molecule has 0 rings (SSSR count). The van der Waals surface area contributed by atoms with Crippen molar-refractivity contribution in [3.63, 3.8) is 0 Å². The molecule has 70 valence electrons. The maximum Gasteiger partial charge on any atom is 0.162 e. The predicted octanol–water partition coefficient (Wildman–Crippen LogP) is 2.04. The monoisotopic (exact) mass is 170 g/mol. The number of terminal acetylenes is 1. The van der Waals surface area contributed by atoms with E-state index in [-0.39, 0.29) is 5.92 Å². The van der Waals surface area contributed by atoms with Gasteiger partial charge >= 0.3 is 0 Å². The highest BCUT2D eigenvalue weighted by atomic mass is 16.7. The molecule has 0 saturated carbocycles. The second-order valence-electron chi connectivity index (χ2n) is 3.31. The summed E-state index contributed by atoms with van der Waals surface area (Å²) >= 11 is 0. The highest BCUT2D eigenvalue weighted by molar-refractivity contribution is 4.89. The maximum atomic E-state index is 5.43. The number of hydrogen-bond acceptors (Lipinski definition) is 2. The molecule has 2 heteroatoms. The Labute approximate surface area is 75.3 Å². The lowest BCUT2D eigenvalue weighted by Crippen LogP contribution is -2.27. The Kier molecular flexibility index (Phi) is 4.96. The molecule has 0 fully saturated rings. The highest BCUT2D eigenvalue weighted by Crippen LogP contribution is 2.11. The maximum absolute atomic E-state index is 5.43. The molecule has 0 aliphatic rings. The standard InChI is InChI=1S/C10H18O2/c1-6-9(2)7-8-12-10(3,4)11-5/h1,9H,7-8H2,2-5H3. The van der Waals surface area contributed by atoms with Crippen LogP contribution < -0.4 is 0 Å². The van der Waals surface area contributed by atoms with Crippen LogP contribution in [0.1, 0.15) is 27.2 Å². The van der Waals surface area contributed by atoms with Crippen LogP contribution in [0.3, 0.4) is 0 Å². The molecule has 12 heavy (non-hydrogen) atoms. The second-order valence-corrected chi connectivity index (χ2v) is 3.31. The SMILES string of the molecule is C#CC(C)CCOC(C)(C)OC. The summed E-state index contributed by atoms with van der Waals surface area (Å²) in [5.41, 5.74) is 0. The molecule has 0 aliphatic carbocycles. The van der Waals surface area contributed by atoms with E-state index in [1.165, 1.54) is 0 Å². The zero-order valence-electron chi connectivity index (χ0n) is 8.39. The molecule has 0 aliphatic heterocycles. The van der Waals surface area contributed by atoms with Crippen molar-refractivity contribution in [3.05, 3.63) is 0 Å². The summed E-state index contributed by atoms with van der Waals surface area (Å²) in [5.74, 6) is 2.43. The van der Waals surface area contributed by atoms with Crippen molar-refractivity contribution in [2.75, 3.05) is 13.7 Å². The molecule has 0 amide bonds. The molecule has 0 aromatic carbocycles. The molecule has 1 atom stereocenters. The third-order valence-electron chi connectivity index (χ3n) is 1.78.